The van der Waals surface area contributed by atoms with E-state index in [2.05, 4.69) is 34.4 Å². The van der Waals surface area contributed by atoms with E-state index in [9.17, 15) is 4.79 Å². The third-order valence-electron chi connectivity index (χ3n) is 6.42. The number of morpholine rings is 1. The summed E-state index contributed by atoms with van der Waals surface area (Å²) in [5.74, 6) is 0.625. The van der Waals surface area contributed by atoms with Crippen molar-refractivity contribution in [3.63, 3.8) is 0 Å². The summed E-state index contributed by atoms with van der Waals surface area (Å²) >= 11 is 0. The van der Waals surface area contributed by atoms with Crippen LogP contribution in [0.4, 0.5) is 0 Å². The van der Waals surface area contributed by atoms with Crippen molar-refractivity contribution in [3.05, 3.63) is 35.9 Å². The molecule has 2 fully saturated rings. The minimum absolute atomic E-state index is 0. The number of piperidine rings is 1. The van der Waals surface area contributed by atoms with Crippen LogP contribution in [-0.2, 0) is 9.53 Å². The van der Waals surface area contributed by atoms with Gasteiger partial charge in [-0.25, -0.2) is 0 Å². The van der Waals surface area contributed by atoms with E-state index in [-0.39, 0.29) is 41.3 Å². The Morgan fingerprint density at radius 1 is 1.06 bits per heavy atom. The molecule has 2 saturated heterocycles. The molecule has 0 radical (unpaired) electrons. The highest BCUT2D eigenvalue weighted by molar-refractivity contribution is 14.0. The van der Waals surface area contributed by atoms with Crippen molar-refractivity contribution in [1.82, 2.24) is 20.4 Å². The molecule has 0 bridgehead atoms. The van der Waals surface area contributed by atoms with E-state index in [1.807, 2.05) is 35.2 Å². The monoisotopic (exact) mass is 557 g/mol. The summed E-state index contributed by atoms with van der Waals surface area (Å²) in [6.45, 7) is 10.7. The number of guanidine groups is 1. The SMILES string of the molecule is CN=C(NCC(C(=O)N1CCOCC1)c1ccccc1)NCC(C)(C)N1CCCCC1.I. The van der Waals surface area contributed by atoms with E-state index < -0.39 is 0 Å². The normalized spacial score (nSPS) is 19.1. The third kappa shape index (κ3) is 7.59. The summed E-state index contributed by atoms with van der Waals surface area (Å²) in [5, 5.41) is 6.89. The molecular weight excluding hydrogens is 517 g/mol. The average Bonchev–Trinajstić information content (AvgIpc) is 2.82. The Hall–Kier alpha value is -1.39. The fourth-order valence-corrected chi connectivity index (χ4v) is 4.37. The van der Waals surface area contributed by atoms with Crippen LogP contribution in [0.2, 0.25) is 0 Å². The number of rotatable bonds is 7. The number of carbonyl (C=O) groups excluding carboxylic acids is 1. The van der Waals surface area contributed by atoms with Gasteiger partial charge in [0.2, 0.25) is 5.91 Å². The lowest BCUT2D eigenvalue weighted by Gasteiger charge is -2.41. The summed E-state index contributed by atoms with van der Waals surface area (Å²) in [5.41, 5.74) is 1.08. The maximum atomic E-state index is 13.3. The highest BCUT2D eigenvalue weighted by Crippen LogP contribution is 2.20. The zero-order chi connectivity index (χ0) is 22.1. The zero-order valence-corrected chi connectivity index (χ0v) is 22.1. The number of likely N-dealkylation sites (tertiary alicyclic amines) is 1. The lowest BCUT2D eigenvalue weighted by Crippen LogP contribution is -2.55. The van der Waals surface area contributed by atoms with Gasteiger partial charge in [-0.15, -0.1) is 24.0 Å². The van der Waals surface area contributed by atoms with Crippen LogP contribution in [0, 0.1) is 0 Å². The fraction of sp³-hybridized carbons (Fsp3) is 0.667. The Morgan fingerprint density at radius 3 is 2.34 bits per heavy atom. The number of aliphatic imine (C=N–C) groups is 1. The van der Waals surface area contributed by atoms with E-state index in [1.54, 1.807) is 7.05 Å². The summed E-state index contributed by atoms with van der Waals surface area (Å²) in [4.78, 5) is 22.2. The summed E-state index contributed by atoms with van der Waals surface area (Å²) < 4.78 is 5.42. The third-order valence-corrected chi connectivity index (χ3v) is 6.42. The standard InChI is InChI=1S/C24H39N5O2.HI/c1-24(2,29-12-8-5-9-13-29)19-27-23(25-3)26-18-21(20-10-6-4-7-11-20)22(30)28-14-16-31-17-15-28;/h4,6-7,10-11,21H,5,8-9,12-19H2,1-3H3,(H2,25,26,27);1H. The highest BCUT2D eigenvalue weighted by Gasteiger charge is 2.29. The molecule has 2 aliphatic rings. The highest BCUT2D eigenvalue weighted by atomic mass is 127. The molecule has 32 heavy (non-hydrogen) atoms. The van der Waals surface area contributed by atoms with Crippen LogP contribution >= 0.6 is 24.0 Å². The van der Waals surface area contributed by atoms with Gasteiger partial charge in [0.05, 0.1) is 19.1 Å². The lowest BCUT2D eigenvalue weighted by atomic mass is 9.97. The minimum atomic E-state index is -0.257. The van der Waals surface area contributed by atoms with Crippen LogP contribution in [0.1, 0.15) is 44.6 Å². The van der Waals surface area contributed by atoms with E-state index in [0.29, 0.717) is 32.8 Å². The predicted octanol–water partition coefficient (Wildman–Crippen LogP) is 2.68. The van der Waals surface area contributed by atoms with Crippen molar-refractivity contribution in [2.45, 2.75) is 44.6 Å². The maximum absolute atomic E-state index is 13.3. The first-order chi connectivity index (χ1) is 15.0. The van der Waals surface area contributed by atoms with Crippen LogP contribution in [0.5, 0.6) is 0 Å². The first-order valence-electron chi connectivity index (χ1n) is 11.6. The number of halogens is 1. The second kappa shape index (κ2) is 13.3. The number of ether oxygens (including phenoxy) is 1. The Balaban J connectivity index is 0.00000363. The average molecular weight is 558 g/mol. The van der Waals surface area contributed by atoms with Gasteiger partial charge in [-0.2, -0.15) is 0 Å². The first-order valence-corrected chi connectivity index (χ1v) is 11.6. The Morgan fingerprint density at radius 2 is 1.72 bits per heavy atom. The summed E-state index contributed by atoms with van der Waals surface area (Å²) in [6, 6.07) is 10.0. The minimum Gasteiger partial charge on any atom is -0.378 e. The number of hydrogen-bond acceptors (Lipinski definition) is 4. The molecule has 1 amide bonds. The molecule has 180 valence electrons. The summed E-state index contributed by atoms with van der Waals surface area (Å²) in [6.07, 6.45) is 3.89. The van der Waals surface area contributed by atoms with E-state index >= 15 is 0 Å². The molecule has 1 atom stereocenters. The van der Waals surface area contributed by atoms with E-state index in [4.69, 9.17) is 4.74 Å². The van der Waals surface area contributed by atoms with Gasteiger partial charge < -0.3 is 20.3 Å². The van der Waals surface area contributed by atoms with Crippen molar-refractivity contribution in [3.8, 4) is 0 Å². The van der Waals surface area contributed by atoms with Crippen LogP contribution in [0.3, 0.4) is 0 Å². The number of nitrogens with zero attached hydrogens (tertiary/aromatic N) is 3. The largest absolute Gasteiger partial charge is 0.378 e. The van der Waals surface area contributed by atoms with Crippen LogP contribution in [0.15, 0.2) is 35.3 Å². The zero-order valence-electron chi connectivity index (χ0n) is 19.8. The van der Waals surface area contributed by atoms with Gasteiger partial charge in [0.1, 0.15) is 0 Å². The molecule has 0 aromatic heterocycles. The van der Waals surface area contributed by atoms with Gasteiger partial charge in [-0.3, -0.25) is 14.7 Å². The van der Waals surface area contributed by atoms with Crippen molar-refractivity contribution in [1.29, 1.82) is 0 Å². The Kier molecular flexibility index (Phi) is 11.2. The fourth-order valence-electron chi connectivity index (χ4n) is 4.37. The number of hydrogen-bond donors (Lipinski definition) is 2. The van der Waals surface area contributed by atoms with Crippen molar-refractivity contribution >= 4 is 35.8 Å². The Bertz CT molecular complexity index is 716. The van der Waals surface area contributed by atoms with Crippen LogP contribution in [-0.4, -0.2) is 86.7 Å². The molecule has 1 aromatic rings. The Labute approximate surface area is 210 Å². The van der Waals surface area contributed by atoms with E-state index in [1.165, 1.54) is 19.3 Å². The van der Waals surface area contributed by atoms with Gasteiger partial charge in [-0.05, 0) is 45.3 Å². The second-order valence-corrected chi connectivity index (χ2v) is 9.07. The van der Waals surface area contributed by atoms with Gasteiger partial charge in [0.15, 0.2) is 5.96 Å². The molecular formula is C24H40IN5O2. The number of nitrogens with one attached hydrogen (secondary N) is 2. The quantitative estimate of drug-likeness (QED) is 0.307. The van der Waals surface area contributed by atoms with Crippen molar-refractivity contribution in [2.75, 3.05) is 59.5 Å². The molecule has 2 N–H and O–H groups in total. The molecule has 1 aromatic carbocycles. The first kappa shape index (κ1) is 26.9. The van der Waals surface area contributed by atoms with Gasteiger partial charge >= 0.3 is 0 Å². The molecule has 3 rings (SSSR count). The number of benzene rings is 1. The van der Waals surface area contributed by atoms with Crippen LogP contribution in [0.25, 0.3) is 0 Å². The van der Waals surface area contributed by atoms with Gasteiger partial charge in [-0.1, -0.05) is 36.8 Å². The molecule has 2 heterocycles. The predicted molar refractivity (Wildman–Crippen MR) is 141 cm³/mol. The number of carbonyl (C=O) groups is 1. The van der Waals surface area contributed by atoms with Crippen molar-refractivity contribution < 1.29 is 9.53 Å². The van der Waals surface area contributed by atoms with Crippen molar-refractivity contribution in [2.24, 2.45) is 4.99 Å². The van der Waals surface area contributed by atoms with Crippen LogP contribution < -0.4 is 10.6 Å². The summed E-state index contributed by atoms with van der Waals surface area (Å²) in [7, 11) is 1.78. The smallest absolute Gasteiger partial charge is 0.232 e. The molecule has 0 saturated carbocycles. The lowest BCUT2D eigenvalue weighted by molar-refractivity contribution is -0.136. The molecule has 8 heteroatoms. The molecule has 1 unspecified atom stereocenters. The molecule has 0 spiro atoms. The molecule has 7 nitrogen and oxygen atoms in total. The molecule has 0 aliphatic carbocycles. The van der Waals surface area contributed by atoms with Gasteiger partial charge in [0.25, 0.3) is 0 Å². The van der Waals surface area contributed by atoms with Gasteiger partial charge in [0, 0.05) is 38.8 Å². The number of amides is 1. The topological polar surface area (TPSA) is 69.2 Å². The second-order valence-electron chi connectivity index (χ2n) is 9.07. The molecule has 2 aliphatic heterocycles. The maximum Gasteiger partial charge on any atom is 0.232 e. The van der Waals surface area contributed by atoms with E-state index in [0.717, 1.165) is 31.2 Å².